The van der Waals surface area contributed by atoms with Gasteiger partial charge in [-0.3, -0.25) is 19.5 Å². The minimum Gasteiger partial charge on any atom is -0.465 e. The van der Waals surface area contributed by atoms with E-state index in [1.54, 1.807) is 12.1 Å². The third-order valence-corrected chi connectivity index (χ3v) is 6.21. The van der Waals surface area contributed by atoms with Crippen molar-refractivity contribution in [2.75, 3.05) is 7.11 Å². The molecule has 0 bridgehead atoms. The van der Waals surface area contributed by atoms with Crippen molar-refractivity contribution in [2.45, 2.75) is 10.9 Å². The van der Waals surface area contributed by atoms with Gasteiger partial charge in [-0.25, -0.2) is 14.2 Å². The average Bonchev–Trinajstić information content (AvgIpc) is 2.84. The number of halogens is 2. The number of ether oxygens (including phenoxy) is 1. The molecule has 3 aromatic carbocycles. The molecule has 8 nitrogen and oxygen atoms in total. The Hall–Kier alpha value is -3.76. The lowest BCUT2D eigenvalue weighted by Gasteiger charge is -2.14. The lowest BCUT2D eigenvalue weighted by atomic mass is 10.1. The summed E-state index contributed by atoms with van der Waals surface area (Å²) in [6, 6.07) is 14.3. The van der Waals surface area contributed by atoms with E-state index in [1.165, 1.54) is 54.1 Å². The Morgan fingerprint density at radius 3 is 2.71 bits per heavy atom. The first-order chi connectivity index (χ1) is 16.3. The van der Waals surface area contributed by atoms with Crippen molar-refractivity contribution in [1.82, 2.24) is 9.55 Å². The number of nitro benzene ring substituents is 1. The molecule has 0 aliphatic carbocycles. The molecule has 0 saturated heterocycles. The maximum atomic E-state index is 13.8. The Morgan fingerprint density at radius 2 is 2.00 bits per heavy atom. The van der Waals surface area contributed by atoms with Crippen LogP contribution in [-0.4, -0.2) is 27.6 Å². The number of nitro groups is 1. The SMILES string of the molecule is COC(=O)c1ccc2c(=O)n(-c3ccc(F)c(Cl)c3)c(SCc3cccc([N+](=O)[O-])c3)nc2c1. The Labute approximate surface area is 201 Å². The molecule has 4 aromatic rings. The second-order valence-electron chi connectivity index (χ2n) is 7.07. The summed E-state index contributed by atoms with van der Waals surface area (Å²) in [6.45, 7) is 0. The van der Waals surface area contributed by atoms with E-state index in [9.17, 15) is 24.1 Å². The zero-order valence-electron chi connectivity index (χ0n) is 17.5. The molecule has 0 N–H and O–H groups in total. The Morgan fingerprint density at radius 1 is 1.21 bits per heavy atom. The highest BCUT2D eigenvalue weighted by atomic mass is 35.5. The van der Waals surface area contributed by atoms with Gasteiger partial charge in [-0.1, -0.05) is 35.5 Å². The molecular weight excluding hydrogens is 485 g/mol. The van der Waals surface area contributed by atoms with Gasteiger partial charge < -0.3 is 4.74 Å². The number of carbonyl (C=O) groups excluding carboxylic acids is 1. The van der Waals surface area contributed by atoms with Crippen LogP contribution in [0.2, 0.25) is 5.02 Å². The van der Waals surface area contributed by atoms with Crippen molar-refractivity contribution in [3.05, 3.63) is 103 Å². The van der Waals surface area contributed by atoms with Crippen LogP contribution in [-0.2, 0) is 10.5 Å². The summed E-state index contributed by atoms with van der Waals surface area (Å²) in [5, 5.41) is 11.4. The van der Waals surface area contributed by atoms with Gasteiger partial charge in [0.25, 0.3) is 11.2 Å². The number of nitrogens with zero attached hydrogens (tertiary/aromatic N) is 3. The summed E-state index contributed by atoms with van der Waals surface area (Å²) in [5.74, 6) is -0.963. The maximum Gasteiger partial charge on any atom is 0.337 e. The summed E-state index contributed by atoms with van der Waals surface area (Å²) < 4.78 is 19.8. The topological polar surface area (TPSA) is 104 Å². The van der Waals surface area contributed by atoms with Gasteiger partial charge in [0, 0.05) is 17.9 Å². The molecule has 0 spiro atoms. The Balaban J connectivity index is 1.86. The molecule has 0 unspecified atom stereocenters. The van der Waals surface area contributed by atoms with Gasteiger partial charge in [-0.15, -0.1) is 0 Å². The molecule has 0 aliphatic heterocycles. The molecule has 0 aliphatic rings. The van der Waals surface area contributed by atoms with Crippen molar-refractivity contribution < 1.29 is 18.8 Å². The van der Waals surface area contributed by atoms with Crippen molar-refractivity contribution in [3.8, 4) is 5.69 Å². The van der Waals surface area contributed by atoms with E-state index in [-0.39, 0.29) is 38.1 Å². The summed E-state index contributed by atoms with van der Waals surface area (Å²) in [5.41, 5.74) is 0.906. The van der Waals surface area contributed by atoms with Crippen LogP contribution in [0, 0.1) is 15.9 Å². The fourth-order valence-corrected chi connectivity index (χ4v) is 4.40. The number of aromatic nitrogens is 2. The van der Waals surface area contributed by atoms with Crippen LogP contribution >= 0.6 is 23.4 Å². The van der Waals surface area contributed by atoms with Gasteiger partial charge in [0.1, 0.15) is 5.82 Å². The first-order valence-corrected chi connectivity index (χ1v) is 11.1. The third-order valence-electron chi connectivity index (χ3n) is 4.91. The smallest absolute Gasteiger partial charge is 0.337 e. The largest absolute Gasteiger partial charge is 0.465 e. The number of thioether (sulfide) groups is 1. The van der Waals surface area contributed by atoms with Crippen molar-refractivity contribution in [1.29, 1.82) is 0 Å². The van der Waals surface area contributed by atoms with E-state index in [2.05, 4.69) is 4.98 Å². The molecule has 0 radical (unpaired) electrons. The first-order valence-electron chi connectivity index (χ1n) is 9.75. The fourth-order valence-electron chi connectivity index (χ4n) is 3.27. The lowest BCUT2D eigenvalue weighted by Crippen LogP contribution is -2.22. The highest BCUT2D eigenvalue weighted by Crippen LogP contribution is 2.28. The van der Waals surface area contributed by atoms with Crippen LogP contribution in [0.5, 0.6) is 0 Å². The van der Waals surface area contributed by atoms with Gasteiger partial charge in [-0.05, 0) is 42.0 Å². The first kappa shape index (κ1) is 23.4. The van der Waals surface area contributed by atoms with Gasteiger partial charge in [-0.2, -0.15) is 0 Å². The van der Waals surface area contributed by atoms with Crippen LogP contribution in [0.4, 0.5) is 10.1 Å². The van der Waals surface area contributed by atoms with E-state index in [0.717, 1.165) is 17.8 Å². The number of non-ortho nitro benzene ring substituents is 1. The van der Waals surface area contributed by atoms with Crippen LogP contribution in [0.3, 0.4) is 0 Å². The monoisotopic (exact) mass is 499 g/mol. The quantitative estimate of drug-likeness (QED) is 0.118. The molecule has 172 valence electrons. The predicted octanol–water partition coefficient (Wildman–Crippen LogP) is 5.17. The lowest BCUT2D eigenvalue weighted by molar-refractivity contribution is -0.384. The van der Waals surface area contributed by atoms with Gasteiger partial charge in [0.2, 0.25) is 0 Å². The van der Waals surface area contributed by atoms with Gasteiger partial charge >= 0.3 is 5.97 Å². The van der Waals surface area contributed by atoms with Crippen LogP contribution in [0.1, 0.15) is 15.9 Å². The highest BCUT2D eigenvalue weighted by Gasteiger charge is 2.17. The molecule has 0 fully saturated rings. The zero-order valence-corrected chi connectivity index (χ0v) is 19.1. The van der Waals surface area contributed by atoms with Crippen LogP contribution in [0.15, 0.2) is 70.6 Å². The molecule has 11 heteroatoms. The average molecular weight is 500 g/mol. The highest BCUT2D eigenvalue weighted by molar-refractivity contribution is 7.98. The van der Waals surface area contributed by atoms with E-state index in [4.69, 9.17) is 16.3 Å². The van der Waals surface area contributed by atoms with E-state index in [1.807, 2.05) is 0 Å². The summed E-state index contributed by atoms with van der Waals surface area (Å²) in [7, 11) is 1.25. The fraction of sp³-hybridized carbons (Fsp3) is 0.0870. The number of methoxy groups -OCH3 is 1. The number of benzene rings is 3. The van der Waals surface area contributed by atoms with Crippen molar-refractivity contribution in [3.63, 3.8) is 0 Å². The molecule has 1 heterocycles. The zero-order chi connectivity index (χ0) is 24.4. The summed E-state index contributed by atoms with van der Waals surface area (Å²) in [6.07, 6.45) is 0. The van der Waals surface area contributed by atoms with Gasteiger partial charge in [0.05, 0.1) is 39.2 Å². The van der Waals surface area contributed by atoms with E-state index < -0.39 is 22.3 Å². The predicted molar refractivity (Wildman–Crippen MR) is 126 cm³/mol. The number of fused-ring (bicyclic) bond motifs is 1. The number of rotatable bonds is 6. The second kappa shape index (κ2) is 9.62. The maximum absolute atomic E-state index is 13.8. The number of hydrogen-bond donors (Lipinski definition) is 0. The number of carbonyl (C=O) groups is 1. The summed E-state index contributed by atoms with van der Waals surface area (Å²) in [4.78, 5) is 40.5. The van der Waals surface area contributed by atoms with E-state index in [0.29, 0.717) is 11.3 Å². The van der Waals surface area contributed by atoms with Crippen molar-refractivity contribution >= 4 is 45.9 Å². The standard InChI is InChI=1S/C23H15ClFN3O5S/c1-33-22(30)14-5-7-17-20(10-14)26-23(34-12-13-3-2-4-16(9-13)28(31)32)27(21(17)29)15-6-8-19(25)18(24)11-15/h2-11H,12H2,1H3. The molecule has 0 amide bonds. The summed E-state index contributed by atoms with van der Waals surface area (Å²) >= 11 is 7.10. The van der Waals surface area contributed by atoms with Crippen molar-refractivity contribution in [2.24, 2.45) is 0 Å². The molecule has 1 aromatic heterocycles. The number of esters is 1. The van der Waals surface area contributed by atoms with Crippen LogP contribution < -0.4 is 5.56 Å². The molecule has 0 saturated carbocycles. The van der Waals surface area contributed by atoms with Crippen LogP contribution in [0.25, 0.3) is 16.6 Å². The minimum atomic E-state index is -0.638. The van der Waals surface area contributed by atoms with E-state index >= 15 is 0 Å². The van der Waals surface area contributed by atoms with Gasteiger partial charge in [0.15, 0.2) is 5.16 Å². The Kier molecular flexibility index (Phi) is 6.62. The molecular formula is C23H15ClFN3O5S. The second-order valence-corrected chi connectivity index (χ2v) is 8.42. The molecule has 34 heavy (non-hydrogen) atoms. The number of hydrogen-bond acceptors (Lipinski definition) is 7. The molecule has 4 rings (SSSR count). The normalized spacial score (nSPS) is 10.9. The Bertz CT molecular complexity index is 1510. The third kappa shape index (κ3) is 4.63. The minimum absolute atomic E-state index is 0.0602. The molecule has 0 atom stereocenters.